The van der Waals surface area contributed by atoms with Crippen LogP contribution in [-0.4, -0.2) is 12.3 Å². The van der Waals surface area contributed by atoms with Crippen molar-refractivity contribution >= 4 is 29.4 Å². The van der Waals surface area contributed by atoms with Gasteiger partial charge in [-0.05, 0) is 29.9 Å². The third-order valence-electron chi connectivity index (χ3n) is 3.53. The molecule has 1 atom stereocenters. The summed E-state index contributed by atoms with van der Waals surface area (Å²) in [6.45, 7) is 4.15. The predicted molar refractivity (Wildman–Crippen MR) is 97.4 cm³/mol. The van der Waals surface area contributed by atoms with E-state index in [0.717, 1.165) is 23.0 Å². The summed E-state index contributed by atoms with van der Waals surface area (Å²) in [5.74, 6) is 0. The Hall–Kier alpha value is -1.15. The number of thiophene rings is 1. The summed E-state index contributed by atoms with van der Waals surface area (Å²) < 4.78 is 20.2. The van der Waals surface area contributed by atoms with Crippen molar-refractivity contribution in [2.24, 2.45) is 0 Å². The lowest BCUT2D eigenvalue weighted by atomic mass is 10.2. The largest absolute Gasteiger partial charge is 0.321 e. The highest BCUT2D eigenvalue weighted by Crippen LogP contribution is 2.49. The molecular formula is C18H23O2PS. The standard InChI is InChI=1S/C18H23O2PS/c1-3-17(4-2)20-21(19,18-13-9-15-22-18)14-8-12-16-10-6-5-7-11-16/h5-13,15,17H,3-4,14H2,1-2H3/b12-8+/t21-/m1/s1. The molecule has 0 spiro atoms. The molecule has 0 saturated carbocycles. The highest BCUT2D eigenvalue weighted by molar-refractivity contribution is 7.72. The molecule has 118 valence electrons. The van der Waals surface area contributed by atoms with Crippen molar-refractivity contribution in [2.75, 3.05) is 6.16 Å². The van der Waals surface area contributed by atoms with Crippen LogP contribution in [0.1, 0.15) is 32.3 Å². The number of rotatable bonds is 8. The molecule has 0 N–H and O–H groups in total. The fourth-order valence-electron chi connectivity index (χ4n) is 2.22. The van der Waals surface area contributed by atoms with E-state index in [2.05, 4.69) is 13.8 Å². The fraction of sp³-hybridized carbons (Fsp3) is 0.333. The lowest BCUT2D eigenvalue weighted by Gasteiger charge is -2.22. The van der Waals surface area contributed by atoms with Gasteiger partial charge in [0.05, 0.1) is 10.7 Å². The van der Waals surface area contributed by atoms with Crippen LogP contribution in [0.5, 0.6) is 0 Å². The number of allylic oxidation sites excluding steroid dienone is 1. The first kappa shape index (κ1) is 17.2. The van der Waals surface area contributed by atoms with Crippen LogP contribution in [0.2, 0.25) is 0 Å². The van der Waals surface area contributed by atoms with E-state index in [1.165, 1.54) is 11.3 Å². The molecule has 4 heteroatoms. The second-order valence-electron chi connectivity index (χ2n) is 5.16. The molecule has 2 rings (SSSR count). The van der Waals surface area contributed by atoms with Gasteiger partial charge in [0.2, 0.25) is 7.37 Å². The molecule has 0 amide bonds. The van der Waals surface area contributed by atoms with Crippen LogP contribution in [-0.2, 0) is 9.09 Å². The summed E-state index contributed by atoms with van der Waals surface area (Å²) in [5.41, 5.74) is 1.11. The van der Waals surface area contributed by atoms with Gasteiger partial charge in [-0.25, -0.2) is 0 Å². The summed E-state index contributed by atoms with van der Waals surface area (Å²) in [6, 6.07) is 13.9. The molecule has 0 aliphatic rings. The molecule has 2 aromatic rings. The first-order valence-electron chi connectivity index (χ1n) is 7.71. The molecule has 1 heterocycles. The first-order chi connectivity index (χ1) is 10.7. The van der Waals surface area contributed by atoms with Gasteiger partial charge in [-0.3, -0.25) is 4.57 Å². The lowest BCUT2D eigenvalue weighted by Crippen LogP contribution is -2.14. The third-order valence-corrected chi connectivity index (χ3v) is 7.50. The Morgan fingerprint density at radius 3 is 2.45 bits per heavy atom. The second kappa shape index (κ2) is 8.47. The third kappa shape index (κ3) is 4.67. The number of benzene rings is 1. The zero-order valence-corrected chi connectivity index (χ0v) is 14.9. The molecule has 0 saturated heterocycles. The minimum atomic E-state index is -2.82. The molecule has 2 nitrogen and oxygen atoms in total. The smallest absolute Gasteiger partial charge is 0.245 e. The number of hydrogen-bond donors (Lipinski definition) is 0. The maximum atomic E-state index is 13.3. The Morgan fingerprint density at radius 1 is 1.14 bits per heavy atom. The Kier molecular flexibility index (Phi) is 6.63. The molecule has 0 fully saturated rings. The molecule has 0 bridgehead atoms. The Balaban J connectivity index is 2.15. The van der Waals surface area contributed by atoms with E-state index in [4.69, 9.17) is 4.52 Å². The summed E-state index contributed by atoms with van der Waals surface area (Å²) >= 11 is 1.52. The molecule has 1 aromatic heterocycles. The molecule has 0 aliphatic heterocycles. The van der Waals surface area contributed by atoms with E-state index < -0.39 is 7.37 Å². The summed E-state index contributed by atoms with van der Waals surface area (Å²) in [6.07, 6.45) is 6.24. The normalized spacial score (nSPS) is 14.5. The van der Waals surface area contributed by atoms with Gasteiger partial charge in [0.1, 0.15) is 0 Å². The van der Waals surface area contributed by atoms with Gasteiger partial charge in [0, 0.05) is 6.16 Å². The molecule has 1 aromatic carbocycles. The molecule has 0 unspecified atom stereocenters. The molecule has 22 heavy (non-hydrogen) atoms. The van der Waals surface area contributed by atoms with Gasteiger partial charge in [-0.2, -0.15) is 0 Å². The van der Waals surface area contributed by atoms with Gasteiger partial charge in [0.15, 0.2) is 0 Å². The van der Waals surface area contributed by atoms with Gasteiger partial charge >= 0.3 is 0 Å². The van der Waals surface area contributed by atoms with Crippen LogP contribution in [0.3, 0.4) is 0 Å². The first-order valence-corrected chi connectivity index (χ1v) is 10.4. The fourth-order valence-corrected chi connectivity index (χ4v) is 5.70. The maximum Gasteiger partial charge on any atom is 0.245 e. The highest BCUT2D eigenvalue weighted by atomic mass is 32.1. The summed E-state index contributed by atoms with van der Waals surface area (Å²) in [4.78, 5) is 0. The van der Waals surface area contributed by atoms with Crippen LogP contribution in [0.15, 0.2) is 53.9 Å². The monoisotopic (exact) mass is 334 g/mol. The lowest BCUT2D eigenvalue weighted by molar-refractivity contribution is 0.201. The molecular weight excluding hydrogens is 311 g/mol. The van der Waals surface area contributed by atoms with Crippen LogP contribution in [0.4, 0.5) is 0 Å². The van der Waals surface area contributed by atoms with Crippen LogP contribution in [0.25, 0.3) is 6.08 Å². The minimum Gasteiger partial charge on any atom is -0.321 e. The van der Waals surface area contributed by atoms with E-state index in [9.17, 15) is 4.57 Å². The Labute approximate surface area is 137 Å². The molecule has 0 aliphatic carbocycles. The van der Waals surface area contributed by atoms with Crippen LogP contribution >= 0.6 is 18.7 Å². The quantitative estimate of drug-likeness (QED) is 0.590. The van der Waals surface area contributed by atoms with Crippen molar-refractivity contribution in [3.8, 4) is 0 Å². The van der Waals surface area contributed by atoms with Crippen LogP contribution in [0, 0.1) is 0 Å². The van der Waals surface area contributed by atoms with E-state index in [0.29, 0.717) is 6.16 Å². The number of hydrogen-bond acceptors (Lipinski definition) is 3. The van der Waals surface area contributed by atoms with Crippen molar-refractivity contribution in [3.05, 3.63) is 59.5 Å². The Morgan fingerprint density at radius 2 is 1.86 bits per heavy atom. The molecule has 0 radical (unpaired) electrons. The average molecular weight is 334 g/mol. The summed E-state index contributed by atoms with van der Waals surface area (Å²) in [5, 5.41) is 1.96. The van der Waals surface area contributed by atoms with Crippen molar-refractivity contribution in [3.63, 3.8) is 0 Å². The van der Waals surface area contributed by atoms with E-state index in [1.807, 2.05) is 60.0 Å². The summed E-state index contributed by atoms with van der Waals surface area (Å²) in [7, 11) is -2.82. The topological polar surface area (TPSA) is 26.3 Å². The van der Waals surface area contributed by atoms with E-state index in [1.54, 1.807) is 0 Å². The van der Waals surface area contributed by atoms with Gasteiger partial charge in [0.25, 0.3) is 0 Å². The average Bonchev–Trinajstić information content (AvgIpc) is 3.09. The van der Waals surface area contributed by atoms with Gasteiger partial charge in [-0.15, -0.1) is 11.3 Å². The maximum absolute atomic E-state index is 13.3. The van der Waals surface area contributed by atoms with Crippen molar-refractivity contribution < 1.29 is 9.09 Å². The zero-order chi connectivity index (χ0) is 15.8. The van der Waals surface area contributed by atoms with E-state index >= 15 is 0 Å². The Bertz CT molecular complexity index is 616. The van der Waals surface area contributed by atoms with Gasteiger partial charge < -0.3 is 4.52 Å². The van der Waals surface area contributed by atoms with Crippen LogP contribution < -0.4 is 4.62 Å². The SMILES string of the molecule is CCC(CC)O[P@](=O)(C/C=C/c1ccccc1)c1cccs1. The van der Waals surface area contributed by atoms with E-state index in [-0.39, 0.29) is 6.10 Å². The predicted octanol–water partition coefficient (Wildman–Crippen LogP) is 5.57. The second-order valence-corrected chi connectivity index (χ2v) is 8.82. The minimum absolute atomic E-state index is 0.0538. The van der Waals surface area contributed by atoms with Crippen molar-refractivity contribution in [2.45, 2.75) is 32.8 Å². The van der Waals surface area contributed by atoms with Gasteiger partial charge in [-0.1, -0.05) is 62.4 Å². The van der Waals surface area contributed by atoms with Crippen molar-refractivity contribution in [1.82, 2.24) is 0 Å². The highest BCUT2D eigenvalue weighted by Gasteiger charge is 2.28. The zero-order valence-electron chi connectivity index (χ0n) is 13.1. The van der Waals surface area contributed by atoms with Crippen molar-refractivity contribution in [1.29, 1.82) is 0 Å².